The van der Waals surface area contributed by atoms with Crippen molar-refractivity contribution < 1.29 is 24.2 Å². The van der Waals surface area contributed by atoms with Gasteiger partial charge < -0.3 is 24.5 Å². The molecule has 10 heteroatoms. The highest BCUT2D eigenvalue weighted by Gasteiger charge is 2.77. The minimum atomic E-state index is -1.27. The Balaban J connectivity index is 1.61. The first-order valence-corrected chi connectivity index (χ1v) is 15.4. The van der Waals surface area contributed by atoms with Gasteiger partial charge in [0.15, 0.2) is 0 Å². The SMILES string of the molecule is C=CCN(C(=O)C1N([C@@H](CC)CO)C(=O)[C@@H]2[C@H](C(=O)N(CC=C)c3ccccc3)[C@H]3OC12CC3Br)c1ccc(Cl)cc1. The number of ether oxygens (including phenoxy) is 1. The Labute approximate surface area is 259 Å². The van der Waals surface area contributed by atoms with Gasteiger partial charge in [0, 0.05) is 34.3 Å². The molecule has 1 spiro atoms. The molecule has 2 aromatic rings. The monoisotopic (exact) mass is 655 g/mol. The molecule has 2 bridgehead atoms. The molecule has 3 unspecified atom stereocenters. The summed E-state index contributed by atoms with van der Waals surface area (Å²) in [5, 5.41) is 10.9. The summed E-state index contributed by atoms with van der Waals surface area (Å²) in [5.74, 6) is -2.71. The summed E-state index contributed by atoms with van der Waals surface area (Å²) < 4.78 is 6.69. The molecule has 42 heavy (non-hydrogen) atoms. The largest absolute Gasteiger partial charge is 0.394 e. The van der Waals surface area contributed by atoms with E-state index in [2.05, 4.69) is 29.1 Å². The summed E-state index contributed by atoms with van der Waals surface area (Å²) in [7, 11) is 0. The van der Waals surface area contributed by atoms with Crippen molar-refractivity contribution in [1.82, 2.24) is 4.90 Å². The number of halogens is 2. The third-order valence-electron chi connectivity index (χ3n) is 8.68. The van der Waals surface area contributed by atoms with Crippen molar-refractivity contribution in [1.29, 1.82) is 0 Å². The fourth-order valence-electron chi connectivity index (χ4n) is 6.90. The first-order chi connectivity index (χ1) is 20.2. The molecule has 3 aliphatic rings. The molecule has 2 aromatic carbocycles. The fourth-order valence-corrected chi connectivity index (χ4v) is 7.96. The number of carbonyl (C=O) groups excluding carboxylic acids is 3. The van der Waals surface area contributed by atoms with E-state index in [0.29, 0.717) is 29.2 Å². The second-order valence-electron chi connectivity index (χ2n) is 10.9. The normalized spacial score (nSPS) is 28.3. The molecular formula is C32H35BrClN3O5. The number of amides is 3. The van der Waals surface area contributed by atoms with Crippen LogP contribution in [0.1, 0.15) is 19.8 Å². The van der Waals surface area contributed by atoms with Crippen LogP contribution in [-0.2, 0) is 19.1 Å². The van der Waals surface area contributed by atoms with Crippen LogP contribution in [0.4, 0.5) is 11.4 Å². The lowest BCUT2D eigenvalue weighted by Gasteiger charge is -2.39. The number of fused-ring (bicyclic) bond motifs is 1. The van der Waals surface area contributed by atoms with Gasteiger partial charge in [-0.05, 0) is 49.2 Å². The van der Waals surface area contributed by atoms with Gasteiger partial charge >= 0.3 is 0 Å². The minimum Gasteiger partial charge on any atom is -0.394 e. The van der Waals surface area contributed by atoms with E-state index in [0.717, 1.165) is 0 Å². The van der Waals surface area contributed by atoms with Gasteiger partial charge in [-0.2, -0.15) is 0 Å². The highest BCUT2D eigenvalue weighted by Crippen LogP contribution is 2.61. The summed E-state index contributed by atoms with van der Waals surface area (Å²) in [5.41, 5.74) is 0.00513. The smallest absolute Gasteiger partial charge is 0.253 e. The quantitative estimate of drug-likeness (QED) is 0.282. The lowest BCUT2D eigenvalue weighted by Crippen LogP contribution is -2.59. The van der Waals surface area contributed by atoms with E-state index >= 15 is 0 Å². The molecule has 1 N–H and O–H groups in total. The van der Waals surface area contributed by atoms with Crippen LogP contribution in [0.25, 0.3) is 0 Å². The maximum absolute atomic E-state index is 14.6. The van der Waals surface area contributed by atoms with Gasteiger partial charge in [-0.3, -0.25) is 14.4 Å². The fraction of sp³-hybridized carbons (Fsp3) is 0.406. The van der Waals surface area contributed by atoms with Crippen LogP contribution in [0.5, 0.6) is 0 Å². The highest BCUT2D eigenvalue weighted by atomic mass is 79.9. The molecule has 0 radical (unpaired) electrons. The van der Waals surface area contributed by atoms with E-state index in [9.17, 15) is 19.5 Å². The predicted molar refractivity (Wildman–Crippen MR) is 167 cm³/mol. The zero-order valence-corrected chi connectivity index (χ0v) is 25.8. The molecule has 3 heterocycles. The average molecular weight is 657 g/mol. The van der Waals surface area contributed by atoms with Crippen LogP contribution >= 0.6 is 27.5 Å². The molecule has 222 valence electrons. The Bertz CT molecular complexity index is 1350. The number of rotatable bonds is 11. The van der Waals surface area contributed by atoms with Crippen molar-refractivity contribution in [3.8, 4) is 0 Å². The standard InChI is InChI=1S/C32H35BrClN3O5/c1-4-16-35(22-10-8-7-9-11-22)29(39)25-26-30(40)37(21(6-3)19-38)28(32(26)18-24(33)27(25)42-32)31(41)36(17-5-2)23-14-12-20(34)13-15-23/h4-5,7-15,21,24-28,38H,1-2,6,16-19H2,3H3/t21-,24?,25-,26-,27-,28?,32?/m0/s1. The van der Waals surface area contributed by atoms with Crippen LogP contribution in [0.3, 0.4) is 0 Å². The van der Waals surface area contributed by atoms with Crippen molar-refractivity contribution in [2.24, 2.45) is 11.8 Å². The van der Waals surface area contributed by atoms with E-state index in [1.807, 2.05) is 37.3 Å². The van der Waals surface area contributed by atoms with Crippen molar-refractivity contribution in [3.05, 3.63) is 84.9 Å². The minimum absolute atomic E-state index is 0.181. The maximum atomic E-state index is 14.6. The van der Waals surface area contributed by atoms with Crippen molar-refractivity contribution >= 4 is 56.6 Å². The Morgan fingerprint density at radius 2 is 1.69 bits per heavy atom. The van der Waals surface area contributed by atoms with Gasteiger partial charge in [0.1, 0.15) is 11.6 Å². The van der Waals surface area contributed by atoms with E-state index < -0.39 is 35.6 Å². The Morgan fingerprint density at radius 3 is 2.26 bits per heavy atom. The lowest BCUT2D eigenvalue weighted by atomic mass is 9.70. The number of hydrogen-bond donors (Lipinski definition) is 1. The molecule has 3 amide bonds. The number of para-hydroxylation sites is 1. The molecule has 7 atom stereocenters. The van der Waals surface area contributed by atoms with Crippen LogP contribution in [0, 0.1) is 11.8 Å². The van der Waals surface area contributed by atoms with E-state index in [-0.39, 0.29) is 42.2 Å². The molecule has 0 saturated carbocycles. The first-order valence-electron chi connectivity index (χ1n) is 14.1. The topological polar surface area (TPSA) is 90.4 Å². The summed E-state index contributed by atoms with van der Waals surface area (Å²) in [6.45, 7) is 9.64. The second kappa shape index (κ2) is 12.3. The third kappa shape index (κ3) is 4.90. The Hall–Kier alpha value is -2.98. The zero-order valence-electron chi connectivity index (χ0n) is 23.4. The third-order valence-corrected chi connectivity index (χ3v) is 9.78. The summed E-state index contributed by atoms with van der Waals surface area (Å²) in [4.78, 5) is 47.9. The second-order valence-corrected chi connectivity index (χ2v) is 12.6. The van der Waals surface area contributed by atoms with Gasteiger partial charge in [-0.1, -0.05) is 64.8 Å². The van der Waals surface area contributed by atoms with Gasteiger partial charge in [0.05, 0.1) is 30.6 Å². The van der Waals surface area contributed by atoms with Crippen LogP contribution in [0.15, 0.2) is 79.9 Å². The number of likely N-dealkylation sites (tertiary alicyclic amines) is 1. The molecule has 3 saturated heterocycles. The molecular weight excluding hydrogens is 622 g/mol. The number of alkyl halides is 1. The van der Waals surface area contributed by atoms with Crippen molar-refractivity contribution in [2.75, 3.05) is 29.5 Å². The van der Waals surface area contributed by atoms with Crippen molar-refractivity contribution in [3.63, 3.8) is 0 Å². The number of benzene rings is 2. The first kappa shape index (κ1) is 30.5. The van der Waals surface area contributed by atoms with Gasteiger partial charge in [0.25, 0.3) is 5.91 Å². The van der Waals surface area contributed by atoms with Gasteiger partial charge in [0.2, 0.25) is 11.8 Å². The zero-order chi connectivity index (χ0) is 30.2. The predicted octanol–water partition coefficient (Wildman–Crippen LogP) is 4.60. The van der Waals surface area contributed by atoms with Crippen LogP contribution in [0.2, 0.25) is 5.02 Å². The summed E-state index contributed by atoms with van der Waals surface area (Å²) in [6, 6.07) is 14.4. The number of anilines is 2. The number of aliphatic hydroxyl groups is 1. The van der Waals surface area contributed by atoms with Crippen LogP contribution in [-0.4, -0.2) is 76.0 Å². The summed E-state index contributed by atoms with van der Waals surface area (Å²) in [6.07, 6.45) is 3.43. The number of nitrogens with zero attached hydrogens (tertiary/aromatic N) is 3. The van der Waals surface area contributed by atoms with E-state index in [1.54, 1.807) is 46.2 Å². The van der Waals surface area contributed by atoms with Gasteiger partial charge in [-0.15, -0.1) is 13.2 Å². The highest BCUT2D eigenvalue weighted by molar-refractivity contribution is 9.09. The number of carbonyl (C=O) groups is 3. The molecule has 3 fully saturated rings. The Kier molecular flexibility index (Phi) is 8.94. The van der Waals surface area contributed by atoms with Crippen LogP contribution < -0.4 is 9.80 Å². The van der Waals surface area contributed by atoms with Crippen molar-refractivity contribution in [2.45, 2.75) is 48.4 Å². The lowest BCUT2D eigenvalue weighted by molar-refractivity contribution is -0.144. The number of aliphatic hydroxyl groups excluding tert-OH is 1. The summed E-state index contributed by atoms with van der Waals surface area (Å²) >= 11 is 9.86. The maximum Gasteiger partial charge on any atom is 0.253 e. The molecule has 3 aliphatic heterocycles. The molecule has 0 aliphatic carbocycles. The Morgan fingerprint density at radius 1 is 1.10 bits per heavy atom. The molecule has 0 aromatic heterocycles. The van der Waals surface area contributed by atoms with E-state index in [4.69, 9.17) is 16.3 Å². The molecule has 5 rings (SSSR count). The molecule has 8 nitrogen and oxygen atoms in total. The number of hydrogen-bond acceptors (Lipinski definition) is 5. The van der Waals surface area contributed by atoms with E-state index in [1.165, 1.54) is 4.90 Å². The van der Waals surface area contributed by atoms with Gasteiger partial charge in [-0.25, -0.2) is 0 Å². The average Bonchev–Trinajstić information content (AvgIpc) is 3.59.